The number of halogens is 2. The van der Waals surface area contributed by atoms with Crippen molar-refractivity contribution in [2.75, 3.05) is 13.9 Å². The highest BCUT2D eigenvalue weighted by Crippen LogP contribution is 2.66. The summed E-state index contributed by atoms with van der Waals surface area (Å²) in [6, 6.07) is 0. The summed E-state index contributed by atoms with van der Waals surface area (Å²) in [5.41, 5.74) is 0.675. The second-order valence-corrected chi connectivity index (χ2v) is 32.1. The van der Waals surface area contributed by atoms with E-state index >= 15 is 0 Å². The molecule has 8 aliphatic rings. The molecule has 10 nitrogen and oxygen atoms in total. The molecule has 0 heterocycles. The number of hydrogen-bond donors (Lipinski definition) is 10. The summed E-state index contributed by atoms with van der Waals surface area (Å²) in [5.74, 6) is 7.87. The van der Waals surface area contributed by atoms with Crippen molar-refractivity contribution in [3.8, 4) is 0 Å². The van der Waals surface area contributed by atoms with Crippen molar-refractivity contribution in [1.29, 1.82) is 0 Å². The Hall–Kier alpha value is -0.540. The summed E-state index contributed by atoms with van der Waals surface area (Å²) >= 11 is 0. The van der Waals surface area contributed by atoms with Crippen LogP contribution in [0.4, 0.5) is 8.78 Å². The van der Waals surface area contributed by atoms with E-state index in [0.29, 0.717) is 53.5 Å². The van der Waals surface area contributed by atoms with E-state index in [2.05, 4.69) is 152 Å². The lowest BCUT2D eigenvalue weighted by atomic mass is 9.44. The topological polar surface area (TPSA) is 202 Å². The molecule has 94 heavy (non-hydrogen) atoms. The van der Waals surface area contributed by atoms with Crippen LogP contribution >= 0.6 is 0 Å². The first-order valence-electron chi connectivity index (χ1n) is 39.0. The lowest BCUT2D eigenvalue weighted by Crippen LogP contribution is -2.58. The van der Waals surface area contributed by atoms with Crippen LogP contribution < -0.4 is 0 Å². The van der Waals surface area contributed by atoms with Gasteiger partial charge < -0.3 is 51.1 Å². The maximum absolute atomic E-state index is 10.4. The average Bonchev–Trinajstić information content (AvgIpc) is 0.776. The van der Waals surface area contributed by atoms with Gasteiger partial charge in [0.15, 0.2) is 0 Å². The SMILES string of the molecule is CC(C)C(C)O.CC(C)CC(C)O.CC(C)O.CC12CC3CC(C)(C1)CC(O)(C3)C2.CC1C(C)C1O.CC1CC(O)CC1C.CC1CCC(C)C(O)CC1.CC1CCC(O)CC1C.CCC.CCC.CCC.CCC.CCC(C)C(C)O.CCCCC(C)O.CCF.CF. The molecule has 17 atom stereocenters. The zero-order valence-electron chi connectivity index (χ0n) is 69.5. The largest absolute Gasteiger partial charge is 0.394 e. The molecule has 582 valence electrons. The molecule has 0 amide bonds. The van der Waals surface area contributed by atoms with Crippen LogP contribution in [0, 0.1) is 81.8 Å². The monoisotopic (exact) mass is 1360 g/mol. The molecule has 8 aliphatic carbocycles. The van der Waals surface area contributed by atoms with Crippen LogP contribution in [0.5, 0.6) is 0 Å². The first kappa shape index (κ1) is 112. The van der Waals surface area contributed by atoms with Crippen molar-refractivity contribution in [3.05, 3.63) is 0 Å². The third-order valence-corrected chi connectivity index (χ3v) is 18.1. The molecule has 0 radical (unpaired) electrons. The van der Waals surface area contributed by atoms with Crippen LogP contribution in [0.25, 0.3) is 0 Å². The van der Waals surface area contributed by atoms with Gasteiger partial charge in [0.25, 0.3) is 0 Å². The minimum absolute atomic E-state index is 0.000000000000000222. The fourth-order valence-electron chi connectivity index (χ4n) is 12.1. The summed E-state index contributed by atoms with van der Waals surface area (Å²) in [6.45, 7) is 65.6. The first-order chi connectivity index (χ1) is 43.3. The number of aliphatic hydroxyl groups is 10. The second-order valence-electron chi connectivity index (χ2n) is 32.1. The molecule has 0 aromatic rings. The van der Waals surface area contributed by atoms with Gasteiger partial charge in [-0.15, -0.1) is 0 Å². The molecule has 10 N–H and O–H groups in total. The van der Waals surface area contributed by atoms with E-state index < -0.39 is 0 Å². The minimum Gasteiger partial charge on any atom is -0.394 e. The predicted molar refractivity (Wildman–Crippen MR) is 411 cm³/mol. The number of alkyl halides is 2. The molecule has 8 saturated carbocycles. The number of hydrogen-bond acceptors (Lipinski definition) is 10. The Balaban J connectivity index is -0.000000120. The minimum atomic E-state index is -0.275. The maximum Gasteiger partial charge on any atom is 0.0866 e. The highest BCUT2D eigenvalue weighted by atomic mass is 19.1. The van der Waals surface area contributed by atoms with Gasteiger partial charge in [-0.1, -0.05) is 224 Å². The summed E-state index contributed by atoms with van der Waals surface area (Å²) < 4.78 is 19.8. The quantitative estimate of drug-likeness (QED) is 0.104. The Morgan fingerprint density at radius 1 is 0.457 bits per heavy atom. The molecule has 8 fully saturated rings. The highest BCUT2D eigenvalue weighted by Gasteiger charge is 2.59. The standard InChI is InChI=1S/C12H20O.C9H18O.C8H16O.C7H14O.3C6H14O.C5H10O.C5H12O.C3H8O.4C3H8.C2H5F.CH3F/c1-10-3-9-4-11(2,6-10)8-12(13,5-9)7-10;1-7-3-5-8(2)9(10)6-4-7;1-6-3-4-8(9)5-7(6)2;1-5-3-7(8)4-6(5)2;1-5(2)4-6(3)7;1-4-5(2)6(3)7;1-3-4-5-6(2)7;1-3-4(2)5(3)6;1-4(2)5(3)6;1-3(2)4;4*1-3-2;1-2-3;1-2/h9,13H,3-8H2,1-2H3;7-10H,3-6H2,1-2H3;6-9H,3-5H2,1-2H3;5-8H,3-4H2,1-2H3;2*5-7H,4H2,1-3H3;6-7H,3-5H2,1-2H3;3-6H,1-2H3;4-6H,1-3H3;3-4H,1-2H3;4*3H2,1-2H3;2H2,1H3;1H3. The highest BCUT2D eigenvalue weighted by molar-refractivity contribution is 5.11. The third-order valence-electron chi connectivity index (χ3n) is 18.1. The molecular formula is C82H180F2O10. The summed E-state index contributed by atoms with van der Waals surface area (Å²) in [7, 11) is 0.500. The van der Waals surface area contributed by atoms with Crippen LogP contribution in [-0.2, 0) is 0 Å². The van der Waals surface area contributed by atoms with Crippen LogP contribution in [0.3, 0.4) is 0 Å². The van der Waals surface area contributed by atoms with Crippen molar-refractivity contribution in [3.63, 3.8) is 0 Å². The van der Waals surface area contributed by atoms with Gasteiger partial charge in [-0.2, -0.15) is 0 Å². The number of rotatable bonds is 8. The summed E-state index contributed by atoms with van der Waals surface area (Å²) in [5, 5.41) is 89.8. The number of aliphatic hydroxyl groups excluding tert-OH is 9. The van der Waals surface area contributed by atoms with E-state index in [0.717, 1.165) is 113 Å². The molecule has 0 spiro atoms. The Morgan fingerprint density at radius 3 is 0.979 bits per heavy atom. The fraction of sp³-hybridized carbons (Fsp3) is 1.00. The van der Waals surface area contributed by atoms with E-state index in [1.54, 1.807) is 20.8 Å². The van der Waals surface area contributed by atoms with Crippen LogP contribution in [0.1, 0.15) is 376 Å². The summed E-state index contributed by atoms with van der Waals surface area (Å²) in [4.78, 5) is 0. The van der Waals surface area contributed by atoms with Gasteiger partial charge in [0.05, 0.1) is 68.3 Å². The van der Waals surface area contributed by atoms with Crippen molar-refractivity contribution >= 4 is 0 Å². The van der Waals surface area contributed by atoms with Gasteiger partial charge in [-0.3, -0.25) is 8.78 Å². The lowest BCUT2D eigenvalue weighted by molar-refractivity contribution is -0.189. The molecular weight excluding hydrogens is 1180 g/mol. The van der Waals surface area contributed by atoms with E-state index in [1.807, 2.05) is 41.5 Å². The van der Waals surface area contributed by atoms with Crippen LogP contribution in [-0.4, -0.2) is 125 Å². The van der Waals surface area contributed by atoms with E-state index in [-0.39, 0.29) is 67.2 Å². The summed E-state index contributed by atoms with van der Waals surface area (Å²) in [6.07, 6.45) is 27.0. The van der Waals surface area contributed by atoms with Crippen molar-refractivity contribution in [2.45, 2.75) is 436 Å². The lowest BCUT2D eigenvalue weighted by Gasteiger charge is -2.63. The average molecular weight is 1360 g/mol. The molecule has 8 rings (SSSR count). The van der Waals surface area contributed by atoms with Gasteiger partial charge in [0, 0.05) is 6.10 Å². The predicted octanol–water partition coefficient (Wildman–Crippen LogP) is 21.8. The molecule has 17 unspecified atom stereocenters. The Kier molecular flexibility index (Phi) is 82.9. The van der Waals surface area contributed by atoms with Crippen molar-refractivity contribution in [2.24, 2.45) is 81.8 Å². The smallest absolute Gasteiger partial charge is 0.0866 e. The Morgan fingerprint density at radius 2 is 0.787 bits per heavy atom. The molecule has 0 aromatic carbocycles. The zero-order valence-corrected chi connectivity index (χ0v) is 69.5. The van der Waals surface area contributed by atoms with Gasteiger partial charge in [-0.05, 0) is 233 Å². The molecule has 12 heteroatoms. The van der Waals surface area contributed by atoms with Crippen molar-refractivity contribution < 1.29 is 59.8 Å². The Bertz CT molecular complexity index is 1340. The number of unbranched alkanes of at least 4 members (excludes halogenated alkanes) is 1. The normalized spacial score (nSPS) is 31.3. The molecule has 0 saturated heterocycles. The molecule has 4 bridgehead atoms. The van der Waals surface area contributed by atoms with Gasteiger partial charge in [0.1, 0.15) is 0 Å². The van der Waals surface area contributed by atoms with E-state index in [9.17, 15) is 24.1 Å². The van der Waals surface area contributed by atoms with Gasteiger partial charge in [0.2, 0.25) is 0 Å². The second kappa shape index (κ2) is 69.5. The Labute approximate surface area is 589 Å². The van der Waals surface area contributed by atoms with E-state index in [1.165, 1.54) is 84.0 Å². The van der Waals surface area contributed by atoms with Crippen LogP contribution in [0.15, 0.2) is 0 Å². The zero-order chi connectivity index (χ0) is 76.3. The first-order valence-corrected chi connectivity index (χ1v) is 39.0. The fourth-order valence-corrected chi connectivity index (χ4v) is 12.1. The maximum atomic E-state index is 10.4. The molecule has 0 aliphatic heterocycles. The third kappa shape index (κ3) is 75.7. The molecule has 0 aromatic heterocycles. The van der Waals surface area contributed by atoms with Gasteiger partial charge in [-0.25, -0.2) is 0 Å². The van der Waals surface area contributed by atoms with Crippen LogP contribution in [0.2, 0.25) is 0 Å². The van der Waals surface area contributed by atoms with Gasteiger partial charge >= 0.3 is 0 Å². The van der Waals surface area contributed by atoms with Crippen molar-refractivity contribution in [1.82, 2.24) is 0 Å². The van der Waals surface area contributed by atoms with E-state index in [4.69, 9.17) is 35.7 Å².